The Labute approximate surface area is 104 Å². The fourth-order valence-corrected chi connectivity index (χ4v) is 1.63. The molecule has 1 rings (SSSR count). The van der Waals surface area contributed by atoms with Crippen molar-refractivity contribution in [2.45, 2.75) is 46.3 Å². The van der Waals surface area contributed by atoms with E-state index < -0.39 is 0 Å². The van der Waals surface area contributed by atoms with Gasteiger partial charge in [0.05, 0.1) is 12.7 Å². The zero-order valence-corrected chi connectivity index (χ0v) is 11.0. The lowest BCUT2D eigenvalue weighted by molar-refractivity contribution is -0.122. The van der Waals surface area contributed by atoms with Gasteiger partial charge in [-0.1, -0.05) is 51.1 Å². The Morgan fingerprint density at radius 3 is 2.41 bits per heavy atom. The van der Waals surface area contributed by atoms with Gasteiger partial charge < -0.3 is 4.74 Å². The molecular weight excluding hydrogens is 212 g/mol. The first-order chi connectivity index (χ1) is 8.13. The summed E-state index contributed by atoms with van der Waals surface area (Å²) in [6.45, 7) is 6.68. The highest BCUT2D eigenvalue weighted by atomic mass is 16.5. The second kappa shape index (κ2) is 7.23. The molecule has 1 aromatic rings. The molecule has 1 aromatic carbocycles. The van der Waals surface area contributed by atoms with Gasteiger partial charge in [0.25, 0.3) is 0 Å². The third-order valence-electron chi connectivity index (χ3n) is 2.87. The number of benzene rings is 1. The summed E-state index contributed by atoms with van der Waals surface area (Å²) < 4.78 is 5.84. The van der Waals surface area contributed by atoms with E-state index in [1.807, 2.05) is 37.3 Å². The van der Waals surface area contributed by atoms with Crippen molar-refractivity contribution in [3.05, 3.63) is 35.9 Å². The van der Waals surface area contributed by atoms with E-state index in [0.29, 0.717) is 25.4 Å². The summed E-state index contributed by atoms with van der Waals surface area (Å²) >= 11 is 0. The fourth-order valence-electron chi connectivity index (χ4n) is 1.63. The van der Waals surface area contributed by atoms with Crippen LogP contribution in [0.5, 0.6) is 0 Å². The molecule has 0 radical (unpaired) electrons. The average Bonchev–Trinajstić information content (AvgIpc) is 2.35. The summed E-state index contributed by atoms with van der Waals surface area (Å²) in [5, 5.41) is 0. The Morgan fingerprint density at radius 1 is 1.24 bits per heavy atom. The van der Waals surface area contributed by atoms with Gasteiger partial charge in [0.1, 0.15) is 5.78 Å². The largest absolute Gasteiger partial charge is 0.373 e. The van der Waals surface area contributed by atoms with Crippen LogP contribution in [0.15, 0.2) is 30.3 Å². The summed E-state index contributed by atoms with van der Waals surface area (Å²) in [4.78, 5) is 11.5. The van der Waals surface area contributed by atoms with Gasteiger partial charge in [-0.05, 0) is 11.5 Å². The maximum atomic E-state index is 11.5. The molecular formula is C15H22O2. The predicted octanol–water partition coefficient (Wildman–Crippen LogP) is 3.60. The van der Waals surface area contributed by atoms with Crippen LogP contribution in [-0.4, -0.2) is 11.9 Å². The fraction of sp³-hybridized carbons (Fsp3) is 0.533. The van der Waals surface area contributed by atoms with Crippen LogP contribution in [0.2, 0.25) is 0 Å². The number of ether oxygens (including phenoxy) is 1. The Hall–Kier alpha value is -1.15. The van der Waals surface area contributed by atoms with E-state index in [2.05, 4.69) is 13.8 Å². The smallest absolute Gasteiger partial charge is 0.135 e. The number of hydrogen-bond acceptors (Lipinski definition) is 2. The molecule has 0 aliphatic carbocycles. The lowest BCUT2D eigenvalue weighted by Gasteiger charge is -2.20. The molecule has 2 heteroatoms. The van der Waals surface area contributed by atoms with Crippen LogP contribution in [0.3, 0.4) is 0 Å². The predicted molar refractivity (Wildman–Crippen MR) is 69.8 cm³/mol. The summed E-state index contributed by atoms with van der Waals surface area (Å²) in [6.07, 6.45) is 1.15. The Morgan fingerprint density at radius 2 is 1.88 bits per heavy atom. The van der Waals surface area contributed by atoms with Gasteiger partial charge in [-0.2, -0.15) is 0 Å². The van der Waals surface area contributed by atoms with E-state index in [0.717, 1.165) is 5.56 Å². The van der Waals surface area contributed by atoms with Crippen molar-refractivity contribution >= 4 is 5.78 Å². The molecule has 0 aromatic heterocycles. The van der Waals surface area contributed by atoms with Crippen molar-refractivity contribution in [2.75, 3.05) is 0 Å². The summed E-state index contributed by atoms with van der Waals surface area (Å²) in [5.74, 6) is 0.644. The second-order valence-corrected chi connectivity index (χ2v) is 4.68. The van der Waals surface area contributed by atoms with E-state index in [1.165, 1.54) is 0 Å². The quantitative estimate of drug-likeness (QED) is 0.720. The first-order valence-corrected chi connectivity index (χ1v) is 6.30. The summed E-state index contributed by atoms with van der Waals surface area (Å²) in [6, 6.07) is 10.1. The zero-order chi connectivity index (χ0) is 12.7. The Balaban J connectivity index is 2.47. The van der Waals surface area contributed by atoms with Crippen molar-refractivity contribution in [1.29, 1.82) is 0 Å². The average molecular weight is 234 g/mol. The van der Waals surface area contributed by atoms with E-state index in [1.54, 1.807) is 0 Å². The van der Waals surface area contributed by atoms with Crippen LogP contribution >= 0.6 is 0 Å². The first kappa shape index (κ1) is 13.9. The van der Waals surface area contributed by atoms with Crippen LogP contribution in [0.4, 0.5) is 0 Å². The molecule has 0 saturated heterocycles. The first-order valence-electron chi connectivity index (χ1n) is 6.30. The number of carbonyl (C=O) groups is 1. The minimum Gasteiger partial charge on any atom is -0.373 e. The monoisotopic (exact) mass is 234 g/mol. The molecule has 17 heavy (non-hydrogen) atoms. The molecule has 0 unspecified atom stereocenters. The van der Waals surface area contributed by atoms with E-state index >= 15 is 0 Å². The third-order valence-corrected chi connectivity index (χ3v) is 2.87. The Kier molecular flexibility index (Phi) is 5.92. The van der Waals surface area contributed by atoms with Crippen molar-refractivity contribution in [2.24, 2.45) is 5.92 Å². The maximum absolute atomic E-state index is 11.5. The van der Waals surface area contributed by atoms with E-state index in [4.69, 9.17) is 4.74 Å². The third kappa shape index (κ3) is 5.14. The lowest BCUT2D eigenvalue weighted by atomic mass is 10.0. The van der Waals surface area contributed by atoms with Crippen LogP contribution < -0.4 is 0 Å². The van der Waals surface area contributed by atoms with Gasteiger partial charge in [-0.15, -0.1) is 0 Å². The van der Waals surface area contributed by atoms with Gasteiger partial charge in [0.15, 0.2) is 0 Å². The molecule has 0 heterocycles. The van der Waals surface area contributed by atoms with Gasteiger partial charge in [0.2, 0.25) is 0 Å². The highest BCUT2D eigenvalue weighted by molar-refractivity contribution is 5.78. The molecule has 0 aliphatic rings. The molecule has 0 amide bonds. The van der Waals surface area contributed by atoms with Crippen molar-refractivity contribution < 1.29 is 9.53 Å². The number of ketones is 1. The zero-order valence-electron chi connectivity index (χ0n) is 11.0. The van der Waals surface area contributed by atoms with Gasteiger partial charge in [-0.3, -0.25) is 4.79 Å². The molecule has 0 aliphatic heterocycles. The lowest BCUT2D eigenvalue weighted by Crippen LogP contribution is -2.23. The molecule has 0 fully saturated rings. The van der Waals surface area contributed by atoms with Gasteiger partial charge in [0, 0.05) is 12.8 Å². The molecule has 2 nitrogen and oxygen atoms in total. The molecule has 94 valence electrons. The minimum atomic E-state index is 0.0302. The molecule has 0 bridgehead atoms. The minimum absolute atomic E-state index is 0.0302. The van der Waals surface area contributed by atoms with E-state index in [-0.39, 0.29) is 11.9 Å². The highest BCUT2D eigenvalue weighted by Gasteiger charge is 2.17. The van der Waals surface area contributed by atoms with Crippen LogP contribution in [0, 0.1) is 5.92 Å². The number of Topliss-reactive ketones (excluding diaryl/α,β-unsaturated/α-hetero) is 1. The molecule has 0 saturated carbocycles. The number of hydrogen-bond donors (Lipinski definition) is 0. The number of rotatable bonds is 7. The molecule has 1 atom stereocenters. The van der Waals surface area contributed by atoms with Crippen LogP contribution in [0.25, 0.3) is 0 Å². The van der Waals surface area contributed by atoms with Crippen molar-refractivity contribution in [3.8, 4) is 0 Å². The van der Waals surface area contributed by atoms with Crippen molar-refractivity contribution in [1.82, 2.24) is 0 Å². The second-order valence-electron chi connectivity index (χ2n) is 4.68. The van der Waals surface area contributed by atoms with Crippen LogP contribution in [0.1, 0.15) is 39.2 Å². The van der Waals surface area contributed by atoms with Gasteiger partial charge >= 0.3 is 0 Å². The topological polar surface area (TPSA) is 26.3 Å². The van der Waals surface area contributed by atoms with Crippen LogP contribution in [-0.2, 0) is 16.1 Å². The molecule has 0 spiro atoms. The maximum Gasteiger partial charge on any atom is 0.135 e. The standard InChI is InChI=1S/C15H22O2/c1-4-14(16)10-15(12(2)3)17-11-13-8-6-5-7-9-13/h5-9,12,15H,4,10-11H2,1-3H3/t15-/m0/s1. The highest BCUT2D eigenvalue weighted by Crippen LogP contribution is 2.14. The number of carbonyl (C=O) groups excluding carboxylic acids is 1. The summed E-state index contributed by atoms with van der Waals surface area (Å²) in [5.41, 5.74) is 1.15. The van der Waals surface area contributed by atoms with E-state index in [9.17, 15) is 4.79 Å². The normalized spacial score (nSPS) is 12.7. The van der Waals surface area contributed by atoms with Crippen molar-refractivity contribution in [3.63, 3.8) is 0 Å². The SMILES string of the molecule is CCC(=O)C[C@H](OCc1ccccc1)C(C)C. The summed E-state index contributed by atoms with van der Waals surface area (Å²) in [7, 11) is 0. The molecule has 0 N–H and O–H groups in total. The van der Waals surface area contributed by atoms with Gasteiger partial charge in [-0.25, -0.2) is 0 Å². The Bertz CT molecular complexity index is 330.